The Balaban J connectivity index is 5.22. The van der Waals surface area contributed by atoms with Crippen LogP contribution in [0.1, 0.15) is 305 Å². The molecule has 0 heterocycles. The van der Waals surface area contributed by atoms with Crippen LogP contribution in [0.3, 0.4) is 0 Å². The van der Waals surface area contributed by atoms with E-state index >= 15 is 0 Å². The van der Waals surface area contributed by atoms with E-state index in [0.29, 0.717) is 31.6 Å². The largest absolute Gasteiger partial charge is 0.472 e. The Bertz CT molecular complexity index is 1600. The van der Waals surface area contributed by atoms with E-state index in [1.807, 2.05) is 0 Å². The minimum Gasteiger partial charge on any atom is -0.462 e. The van der Waals surface area contributed by atoms with Crippen molar-refractivity contribution in [2.75, 3.05) is 39.6 Å². The van der Waals surface area contributed by atoms with Crippen LogP contribution in [0.15, 0.2) is 0 Å². The molecule has 0 bridgehead atoms. The zero-order chi connectivity index (χ0) is 60.1. The molecule has 0 saturated carbocycles. The maximum atomic E-state index is 13.0. The second-order valence-corrected chi connectivity index (χ2v) is 26.1. The lowest BCUT2D eigenvalue weighted by Crippen LogP contribution is -2.30. The Kier molecular flexibility index (Phi) is 53.4. The fraction of sp³-hybridized carbons (Fsp3) is 0.935. The zero-order valence-electron chi connectivity index (χ0n) is 52.1. The van der Waals surface area contributed by atoms with Crippen LogP contribution in [-0.2, 0) is 65.4 Å². The van der Waals surface area contributed by atoms with Crippen molar-refractivity contribution in [3.8, 4) is 0 Å². The van der Waals surface area contributed by atoms with Crippen molar-refractivity contribution in [1.29, 1.82) is 0 Å². The van der Waals surface area contributed by atoms with Gasteiger partial charge in [0.25, 0.3) is 0 Å². The standard InChI is InChI=1S/C62H120O17P2/c1-7-10-12-14-16-17-18-22-26-33-39-45-60(65)73-51-57(78-61(66)46-40-34-27-23-20-19-21-25-31-37-43-55(6)9-3)52-76-80(68,69)74-48-56(63)49-75-81(70,71)77-53-58(50-72-59(64)44-38-32-24-15-13-11-8-2)79-62(67)47-41-35-29-28-30-36-42-54(4)5/h54-58,63H,7-53H2,1-6H3,(H,68,69)(H,70,71)/t55?,56-,57-,58-/m1/s1. The first-order valence-corrected chi connectivity index (χ1v) is 35.5. The number of aliphatic hydroxyl groups excluding tert-OH is 1. The molecule has 0 aromatic rings. The topological polar surface area (TPSA) is 237 Å². The Hall–Kier alpha value is -1.94. The van der Waals surface area contributed by atoms with Gasteiger partial charge in [0.2, 0.25) is 0 Å². The summed E-state index contributed by atoms with van der Waals surface area (Å²) >= 11 is 0. The van der Waals surface area contributed by atoms with Gasteiger partial charge in [0, 0.05) is 25.7 Å². The van der Waals surface area contributed by atoms with Crippen molar-refractivity contribution < 1.29 is 80.2 Å². The number of carbonyl (C=O) groups is 4. The Labute approximate surface area is 492 Å². The van der Waals surface area contributed by atoms with Crippen LogP contribution >= 0.6 is 15.6 Å². The van der Waals surface area contributed by atoms with Crippen molar-refractivity contribution in [3.63, 3.8) is 0 Å². The molecule has 0 aliphatic heterocycles. The fourth-order valence-corrected chi connectivity index (χ4v) is 10.7. The van der Waals surface area contributed by atoms with E-state index in [1.165, 1.54) is 109 Å². The van der Waals surface area contributed by atoms with E-state index in [1.54, 1.807) is 0 Å². The summed E-state index contributed by atoms with van der Waals surface area (Å²) in [6, 6.07) is 0. The van der Waals surface area contributed by atoms with Crippen LogP contribution in [0, 0.1) is 11.8 Å². The van der Waals surface area contributed by atoms with E-state index in [9.17, 15) is 43.2 Å². The highest BCUT2D eigenvalue weighted by atomic mass is 31.2. The van der Waals surface area contributed by atoms with Gasteiger partial charge >= 0.3 is 39.5 Å². The number of ether oxygens (including phenoxy) is 4. The quantitative estimate of drug-likeness (QED) is 0.0222. The molecular formula is C62H120O17P2. The first kappa shape index (κ1) is 79.1. The highest BCUT2D eigenvalue weighted by Crippen LogP contribution is 2.45. The maximum Gasteiger partial charge on any atom is 0.472 e. The molecule has 3 unspecified atom stereocenters. The van der Waals surface area contributed by atoms with Gasteiger partial charge in [0.15, 0.2) is 12.2 Å². The summed E-state index contributed by atoms with van der Waals surface area (Å²) in [6.45, 7) is 9.37. The van der Waals surface area contributed by atoms with Crippen molar-refractivity contribution >= 4 is 39.5 Å². The van der Waals surface area contributed by atoms with Crippen LogP contribution in [0.2, 0.25) is 0 Å². The number of phosphoric acid groups is 2. The Morgan fingerprint density at radius 2 is 0.630 bits per heavy atom. The third-order valence-corrected chi connectivity index (χ3v) is 16.5. The Morgan fingerprint density at radius 3 is 0.938 bits per heavy atom. The first-order valence-electron chi connectivity index (χ1n) is 32.5. The second kappa shape index (κ2) is 54.7. The van der Waals surface area contributed by atoms with Crippen LogP contribution in [0.5, 0.6) is 0 Å². The minimum atomic E-state index is -4.94. The summed E-state index contributed by atoms with van der Waals surface area (Å²) in [5.74, 6) is -0.671. The molecule has 19 heteroatoms. The van der Waals surface area contributed by atoms with Crippen LogP contribution in [0.25, 0.3) is 0 Å². The molecule has 0 aromatic carbocycles. The number of rotatable bonds is 61. The maximum absolute atomic E-state index is 13.0. The van der Waals surface area contributed by atoms with Crippen molar-refractivity contribution in [3.05, 3.63) is 0 Å². The van der Waals surface area contributed by atoms with Crippen molar-refractivity contribution in [2.24, 2.45) is 11.8 Å². The molecule has 6 atom stereocenters. The summed E-state index contributed by atoms with van der Waals surface area (Å²) in [6.07, 6.45) is 36.3. The molecule has 0 rings (SSSR count). The number of aliphatic hydroxyl groups is 1. The molecule has 0 fully saturated rings. The number of phosphoric ester groups is 2. The van der Waals surface area contributed by atoms with E-state index < -0.39 is 97.5 Å². The fourth-order valence-electron chi connectivity index (χ4n) is 9.15. The van der Waals surface area contributed by atoms with Gasteiger partial charge < -0.3 is 33.8 Å². The average molecular weight is 1200 g/mol. The zero-order valence-corrected chi connectivity index (χ0v) is 53.9. The second-order valence-electron chi connectivity index (χ2n) is 23.2. The average Bonchev–Trinajstić information content (AvgIpc) is 3.43. The van der Waals surface area contributed by atoms with Crippen LogP contribution in [0.4, 0.5) is 0 Å². The number of hydrogen-bond donors (Lipinski definition) is 3. The first-order chi connectivity index (χ1) is 38.9. The molecule has 0 aromatic heterocycles. The van der Waals surface area contributed by atoms with Crippen molar-refractivity contribution in [2.45, 2.75) is 323 Å². The normalized spacial score (nSPS) is 14.7. The summed E-state index contributed by atoms with van der Waals surface area (Å²) < 4.78 is 67.8. The number of hydrogen-bond acceptors (Lipinski definition) is 15. The lowest BCUT2D eigenvalue weighted by atomic mass is 9.99. The molecule has 81 heavy (non-hydrogen) atoms. The molecule has 3 N–H and O–H groups in total. The summed E-state index contributed by atoms with van der Waals surface area (Å²) in [5, 5.41) is 10.5. The lowest BCUT2D eigenvalue weighted by molar-refractivity contribution is -0.161. The predicted molar refractivity (Wildman–Crippen MR) is 321 cm³/mol. The van der Waals surface area contributed by atoms with Gasteiger partial charge in [-0.05, 0) is 37.5 Å². The SMILES string of the molecule is CCCCCCCCCCCCCC(=O)OC[C@H](COP(=O)(O)OC[C@@H](O)COP(=O)(O)OC[C@@H](COC(=O)CCCCCCCCC)OC(=O)CCCCCCCCC(C)C)OC(=O)CCCCCCCCCCCCC(C)CC. The minimum absolute atomic E-state index is 0.102. The predicted octanol–water partition coefficient (Wildman–Crippen LogP) is 16.9. The number of carbonyl (C=O) groups excluding carboxylic acids is 4. The molecule has 0 amide bonds. The van der Waals surface area contributed by atoms with Gasteiger partial charge in [0.05, 0.1) is 26.4 Å². The highest BCUT2D eigenvalue weighted by Gasteiger charge is 2.30. The summed E-state index contributed by atoms with van der Waals surface area (Å²) in [5.41, 5.74) is 0. The number of unbranched alkanes of at least 4 members (excludes halogenated alkanes) is 30. The summed E-state index contributed by atoms with van der Waals surface area (Å²) in [7, 11) is -9.88. The van der Waals surface area contributed by atoms with Gasteiger partial charge in [-0.3, -0.25) is 37.3 Å². The third-order valence-electron chi connectivity index (χ3n) is 14.6. The molecule has 17 nitrogen and oxygen atoms in total. The molecular weight excluding hydrogens is 1080 g/mol. The molecule has 0 radical (unpaired) electrons. The molecule has 0 spiro atoms. The van der Waals surface area contributed by atoms with E-state index in [4.69, 9.17) is 37.0 Å². The molecule has 0 aliphatic carbocycles. The van der Waals surface area contributed by atoms with Gasteiger partial charge in [-0.2, -0.15) is 0 Å². The van der Waals surface area contributed by atoms with Gasteiger partial charge in [-0.1, -0.05) is 253 Å². The van der Waals surface area contributed by atoms with Crippen molar-refractivity contribution in [1.82, 2.24) is 0 Å². The lowest BCUT2D eigenvalue weighted by Gasteiger charge is -2.21. The molecule has 0 saturated heterocycles. The number of esters is 4. The van der Waals surface area contributed by atoms with Gasteiger partial charge in [0.1, 0.15) is 19.3 Å². The van der Waals surface area contributed by atoms with E-state index in [-0.39, 0.29) is 25.7 Å². The monoisotopic (exact) mass is 1200 g/mol. The summed E-state index contributed by atoms with van der Waals surface area (Å²) in [4.78, 5) is 72.0. The highest BCUT2D eigenvalue weighted by molar-refractivity contribution is 7.47. The van der Waals surface area contributed by atoms with Crippen LogP contribution in [-0.4, -0.2) is 96.7 Å². The Morgan fingerprint density at radius 1 is 0.358 bits per heavy atom. The van der Waals surface area contributed by atoms with Crippen LogP contribution < -0.4 is 0 Å². The smallest absolute Gasteiger partial charge is 0.462 e. The molecule has 0 aliphatic rings. The molecule has 480 valence electrons. The van der Waals surface area contributed by atoms with E-state index in [2.05, 4.69) is 41.5 Å². The third kappa shape index (κ3) is 55.7. The van der Waals surface area contributed by atoms with E-state index in [0.717, 1.165) is 109 Å². The van der Waals surface area contributed by atoms with Gasteiger partial charge in [-0.15, -0.1) is 0 Å². The van der Waals surface area contributed by atoms with Gasteiger partial charge in [-0.25, -0.2) is 9.13 Å².